The first-order valence-corrected chi connectivity index (χ1v) is 9.73. The smallest absolute Gasteiger partial charge is 0.123 e. The fourth-order valence-electron chi connectivity index (χ4n) is 4.10. The van der Waals surface area contributed by atoms with E-state index in [-0.39, 0.29) is 17.3 Å². The van der Waals surface area contributed by atoms with Gasteiger partial charge in [-0.2, -0.15) is 0 Å². The first-order valence-electron chi connectivity index (χ1n) is 9.73. The Morgan fingerprint density at radius 2 is 1.88 bits per heavy atom. The van der Waals surface area contributed by atoms with Crippen LogP contribution in [-0.2, 0) is 5.41 Å². The molecular formula is C24H30FN. The third-order valence-electron chi connectivity index (χ3n) is 5.22. The largest absolute Gasteiger partial charge is 0.282 e. The molecule has 0 N–H and O–H groups in total. The van der Waals surface area contributed by atoms with Crippen LogP contribution in [-0.4, -0.2) is 11.8 Å². The van der Waals surface area contributed by atoms with Gasteiger partial charge in [0.05, 0.1) is 5.71 Å². The van der Waals surface area contributed by atoms with Crippen LogP contribution in [0.5, 0.6) is 0 Å². The Balaban J connectivity index is 2.34. The lowest BCUT2D eigenvalue weighted by Crippen LogP contribution is -2.34. The maximum Gasteiger partial charge on any atom is 0.123 e. The van der Waals surface area contributed by atoms with Gasteiger partial charge in [0, 0.05) is 22.6 Å². The van der Waals surface area contributed by atoms with E-state index in [9.17, 15) is 4.39 Å². The first-order chi connectivity index (χ1) is 12.2. The van der Waals surface area contributed by atoms with E-state index in [2.05, 4.69) is 71.9 Å². The third-order valence-corrected chi connectivity index (χ3v) is 5.22. The van der Waals surface area contributed by atoms with Crippen LogP contribution in [0.25, 0.3) is 6.08 Å². The summed E-state index contributed by atoms with van der Waals surface area (Å²) in [6.07, 6.45) is 7.77. The minimum atomic E-state index is -0.358. The van der Waals surface area contributed by atoms with Gasteiger partial charge >= 0.3 is 0 Å². The summed E-state index contributed by atoms with van der Waals surface area (Å²) in [7, 11) is 0. The predicted molar refractivity (Wildman–Crippen MR) is 110 cm³/mol. The quantitative estimate of drug-likeness (QED) is 0.568. The van der Waals surface area contributed by atoms with Crippen molar-refractivity contribution in [2.24, 2.45) is 10.9 Å². The molecule has 0 unspecified atom stereocenters. The van der Waals surface area contributed by atoms with E-state index in [0.29, 0.717) is 5.92 Å². The van der Waals surface area contributed by atoms with Gasteiger partial charge in [0.15, 0.2) is 0 Å². The van der Waals surface area contributed by atoms with Gasteiger partial charge in [-0.25, -0.2) is 4.39 Å². The Labute approximate surface area is 157 Å². The van der Waals surface area contributed by atoms with Crippen LogP contribution >= 0.6 is 0 Å². The number of nitrogens with zero attached hydrogens (tertiary/aromatic N) is 1. The number of allylic oxidation sites excluding steroid dienone is 5. The van der Waals surface area contributed by atoms with Crippen molar-refractivity contribution in [3.8, 4) is 0 Å². The fourth-order valence-corrected chi connectivity index (χ4v) is 4.10. The van der Waals surface area contributed by atoms with Crippen LogP contribution in [0.3, 0.4) is 0 Å². The summed E-state index contributed by atoms with van der Waals surface area (Å²) in [6.45, 7) is 12.8. The zero-order chi connectivity index (χ0) is 19.1. The summed E-state index contributed by atoms with van der Waals surface area (Å²) >= 11 is 0. The highest BCUT2D eigenvalue weighted by Gasteiger charge is 2.41. The zero-order valence-corrected chi connectivity index (χ0v) is 16.9. The Kier molecular flexibility index (Phi) is 5.05. The molecule has 0 radical (unpaired) electrons. The second-order valence-corrected chi connectivity index (χ2v) is 8.51. The van der Waals surface area contributed by atoms with Gasteiger partial charge in [-0.05, 0) is 55.4 Å². The molecule has 0 atom stereocenters. The molecule has 2 aliphatic carbocycles. The first kappa shape index (κ1) is 18.8. The lowest BCUT2D eigenvalue weighted by molar-refractivity contribution is 0.534. The molecule has 0 saturated heterocycles. The van der Waals surface area contributed by atoms with E-state index in [1.54, 1.807) is 6.08 Å². The van der Waals surface area contributed by atoms with Crippen molar-refractivity contribution < 1.29 is 4.39 Å². The Bertz CT molecular complexity index is 832. The molecule has 3 rings (SSSR count). The van der Waals surface area contributed by atoms with Crippen molar-refractivity contribution >= 4 is 11.8 Å². The number of hydrogen-bond acceptors (Lipinski definition) is 1. The van der Waals surface area contributed by atoms with Crippen LogP contribution in [0.15, 0.2) is 52.3 Å². The predicted octanol–water partition coefficient (Wildman–Crippen LogP) is 6.79. The summed E-state index contributed by atoms with van der Waals surface area (Å²) in [5.41, 5.74) is 6.12. The normalized spacial score (nSPS) is 20.8. The van der Waals surface area contributed by atoms with E-state index in [4.69, 9.17) is 4.99 Å². The van der Waals surface area contributed by atoms with Crippen molar-refractivity contribution in [2.75, 3.05) is 0 Å². The molecular weight excluding hydrogens is 321 g/mol. The average molecular weight is 352 g/mol. The summed E-state index contributed by atoms with van der Waals surface area (Å²) in [4.78, 5) is 4.98. The monoisotopic (exact) mass is 351 g/mol. The standard InChI is InChI=1S/C24H30FN/c1-15(2)13-14-17-9-7-11-19-21(17)23(26-16(3)4)18-10-8-12-20(25)22(18)24(19,5)6/h7,9,11-16H,8,10H2,1-6H3/b14-13-,26-23?. The summed E-state index contributed by atoms with van der Waals surface area (Å²) in [6, 6.07) is 6.56. The van der Waals surface area contributed by atoms with E-state index in [1.807, 2.05) is 0 Å². The van der Waals surface area contributed by atoms with Gasteiger partial charge in [0.2, 0.25) is 0 Å². The lowest BCUT2D eigenvalue weighted by atomic mass is 9.64. The van der Waals surface area contributed by atoms with Crippen LogP contribution in [0.1, 0.15) is 71.1 Å². The van der Waals surface area contributed by atoms with E-state index in [1.165, 1.54) is 16.7 Å². The van der Waals surface area contributed by atoms with Gasteiger partial charge in [-0.1, -0.05) is 58.0 Å². The van der Waals surface area contributed by atoms with E-state index in [0.717, 1.165) is 29.7 Å². The molecule has 0 saturated carbocycles. The average Bonchev–Trinajstić information content (AvgIpc) is 2.56. The van der Waals surface area contributed by atoms with Gasteiger partial charge < -0.3 is 0 Å². The molecule has 1 aromatic carbocycles. The van der Waals surface area contributed by atoms with Gasteiger partial charge in [0.1, 0.15) is 5.83 Å². The molecule has 0 amide bonds. The van der Waals surface area contributed by atoms with Crippen LogP contribution in [0.4, 0.5) is 4.39 Å². The molecule has 138 valence electrons. The molecule has 0 aromatic heterocycles. The van der Waals surface area contributed by atoms with Gasteiger partial charge in [0.25, 0.3) is 0 Å². The highest BCUT2D eigenvalue weighted by molar-refractivity contribution is 6.18. The zero-order valence-electron chi connectivity index (χ0n) is 16.9. The number of aliphatic imine (C=N–C) groups is 1. The van der Waals surface area contributed by atoms with Crippen LogP contribution in [0, 0.1) is 5.92 Å². The lowest BCUT2D eigenvalue weighted by Gasteiger charge is -2.39. The van der Waals surface area contributed by atoms with E-state index < -0.39 is 0 Å². The molecule has 26 heavy (non-hydrogen) atoms. The highest BCUT2D eigenvalue weighted by Crippen LogP contribution is 2.48. The number of benzene rings is 1. The maximum atomic E-state index is 14.9. The molecule has 0 aliphatic heterocycles. The minimum Gasteiger partial charge on any atom is -0.282 e. The number of rotatable bonds is 3. The Hall–Kier alpha value is -1.96. The molecule has 1 aromatic rings. The SMILES string of the molecule is CC(C)/C=C\c1cccc2c1C(=NC(C)C)C1=C(C(F)=CCC1)C2(C)C. The van der Waals surface area contributed by atoms with Crippen molar-refractivity contribution in [1.29, 1.82) is 0 Å². The van der Waals surface area contributed by atoms with Crippen LogP contribution in [0.2, 0.25) is 0 Å². The van der Waals surface area contributed by atoms with E-state index >= 15 is 0 Å². The second kappa shape index (κ2) is 6.98. The van der Waals surface area contributed by atoms with Crippen molar-refractivity contribution in [1.82, 2.24) is 0 Å². The molecule has 0 heterocycles. The number of fused-ring (bicyclic) bond motifs is 1. The molecule has 0 bridgehead atoms. The maximum absolute atomic E-state index is 14.9. The molecule has 1 nitrogen and oxygen atoms in total. The van der Waals surface area contributed by atoms with Crippen LogP contribution < -0.4 is 0 Å². The third kappa shape index (κ3) is 3.22. The van der Waals surface area contributed by atoms with Crippen molar-refractivity contribution in [3.05, 3.63) is 64.0 Å². The van der Waals surface area contributed by atoms with Crippen molar-refractivity contribution in [3.63, 3.8) is 0 Å². The number of hydrogen-bond donors (Lipinski definition) is 0. The minimum absolute atomic E-state index is 0.0681. The van der Waals surface area contributed by atoms with Gasteiger partial charge in [-0.15, -0.1) is 0 Å². The Morgan fingerprint density at radius 1 is 1.15 bits per heavy atom. The fraction of sp³-hybridized carbons (Fsp3) is 0.458. The van der Waals surface area contributed by atoms with Gasteiger partial charge in [-0.3, -0.25) is 4.99 Å². The summed E-state index contributed by atoms with van der Waals surface area (Å²) in [5.74, 6) is 0.416. The summed E-state index contributed by atoms with van der Waals surface area (Å²) < 4.78 is 14.9. The molecule has 0 spiro atoms. The topological polar surface area (TPSA) is 12.4 Å². The summed E-state index contributed by atoms with van der Waals surface area (Å²) in [5, 5.41) is 0. The second-order valence-electron chi connectivity index (χ2n) is 8.51. The molecule has 2 aliphatic rings. The molecule has 2 heteroatoms. The molecule has 0 fully saturated rings. The number of halogens is 1. The Morgan fingerprint density at radius 3 is 2.54 bits per heavy atom. The van der Waals surface area contributed by atoms with Crippen molar-refractivity contribution in [2.45, 2.75) is 65.8 Å². The highest BCUT2D eigenvalue weighted by atomic mass is 19.1.